The number of rotatable bonds is 5. The number of nitrogens with zero attached hydrogens (tertiary/aromatic N) is 2. The fraction of sp³-hybridized carbons (Fsp3) is 0.588. The van der Waals surface area contributed by atoms with Gasteiger partial charge in [0.2, 0.25) is 5.91 Å². The number of morpholine rings is 1. The third-order valence-electron chi connectivity index (χ3n) is 4.47. The van der Waals surface area contributed by atoms with E-state index in [0.717, 1.165) is 58.9 Å². The molecule has 2 aliphatic heterocycles. The average Bonchev–Trinajstić information content (AvgIpc) is 2.59. The number of carbonyl (C=O) groups excluding carboxylic acids is 1. The summed E-state index contributed by atoms with van der Waals surface area (Å²) in [5.41, 5.74) is 2.67. The summed E-state index contributed by atoms with van der Waals surface area (Å²) >= 11 is 0. The Balaban J connectivity index is 1.37. The molecular formula is C17H25N3O2. The van der Waals surface area contributed by atoms with Crippen molar-refractivity contribution in [3.05, 3.63) is 35.4 Å². The van der Waals surface area contributed by atoms with E-state index in [1.807, 2.05) is 11.0 Å². The molecule has 0 spiro atoms. The number of hydrogen-bond donors (Lipinski definition) is 1. The number of ether oxygens (including phenoxy) is 1. The topological polar surface area (TPSA) is 44.8 Å². The Hall–Kier alpha value is -1.43. The van der Waals surface area contributed by atoms with Gasteiger partial charge in [0.15, 0.2) is 0 Å². The van der Waals surface area contributed by atoms with Gasteiger partial charge in [0, 0.05) is 39.3 Å². The SMILES string of the molecule is O=C(CNCCN1CCOCC1)N1CCc2ccccc2C1. The van der Waals surface area contributed by atoms with Gasteiger partial charge in [-0.15, -0.1) is 0 Å². The Labute approximate surface area is 132 Å². The lowest BCUT2D eigenvalue weighted by atomic mass is 10.00. The minimum atomic E-state index is 0.205. The Morgan fingerprint density at radius 3 is 2.73 bits per heavy atom. The van der Waals surface area contributed by atoms with Gasteiger partial charge in [0.1, 0.15) is 0 Å². The molecule has 0 aliphatic carbocycles. The Morgan fingerprint density at radius 2 is 1.91 bits per heavy atom. The number of amides is 1. The second kappa shape index (κ2) is 7.72. The van der Waals surface area contributed by atoms with E-state index in [9.17, 15) is 4.79 Å². The maximum Gasteiger partial charge on any atom is 0.236 e. The van der Waals surface area contributed by atoms with Crippen LogP contribution < -0.4 is 5.32 Å². The summed E-state index contributed by atoms with van der Waals surface area (Å²) in [4.78, 5) is 16.6. The smallest absolute Gasteiger partial charge is 0.236 e. The molecule has 0 aromatic heterocycles. The monoisotopic (exact) mass is 303 g/mol. The van der Waals surface area contributed by atoms with E-state index in [4.69, 9.17) is 4.74 Å². The van der Waals surface area contributed by atoms with Gasteiger partial charge >= 0.3 is 0 Å². The highest BCUT2D eigenvalue weighted by Gasteiger charge is 2.19. The number of nitrogens with one attached hydrogen (secondary N) is 1. The zero-order chi connectivity index (χ0) is 15.2. The van der Waals surface area contributed by atoms with Gasteiger partial charge in [-0.1, -0.05) is 24.3 Å². The van der Waals surface area contributed by atoms with Crippen molar-refractivity contribution in [1.29, 1.82) is 0 Å². The van der Waals surface area contributed by atoms with Crippen molar-refractivity contribution in [1.82, 2.24) is 15.1 Å². The molecule has 1 fully saturated rings. The van der Waals surface area contributed by atoms with Crippen LogP contribution in [0.2, 0.25) is 0 Å². The molecule has 120 valence electrons. The van der Waals surface area contributed by atoms with Crippen LogP contribution in [0.15, 0.2) is 24.3 Å². The summed E-state index contributed by atoms with van der Waals surface area (Å²) in [5.74, 6) is 0.205. The van der Waals surface area contributed by atoms with Crippen molar-refractivity contribution in [3.63, 3.8) is 0 Å². The number of fused-ring (bicyclic) bond motifs is 1. The zero-order valence-electron chi connectivity index (χ0n) is 13.1. The molecule has 0 unspecified atom stereocenters. The number of benzene rings is 1. The van der Waals surface area contributed by atoms with Crippen molar-refractivity contribution in [3.8, 4) is 0 Å². The van der Waals surface area contributed by atoms with Crippen LogP contribution in [0.5, 0.6) is 0 Å². The van der Waals surface area contributed by atoms with Crippen LogP contribution in [0.4, 0.5) is 0 Å². The fourth-order valence-corrected chi connectivity index (χ4v) is 3.08. The predicted molar refractivity (Wildman–Crippen MR) is 85.7 cm³/mol. The molecule has 5 nitrogen and oxygen atoms in total. The van der Waals surface area contributed by atoms with Crippen molar-refractivity contribution in [2.45, 2.75) is 13.0 Å². The molecule has 2 aliphatic rings. The molecular weight excluding hydrogens is 278 g/mol. The first-order valence-electron chi connectivity index (χ1n) is 8.18. The molecule has 1 aromatic carbocycles. The van der Waals surface area contributed by atoms with Gasteiger partial charge < -0.3 is 15.0 Å². The minimum Gasteiger partial charge on any atom is -0.379 e. The van der Waals surface area contributed by atoms with E-state index >= 15 is 0 Å². The Morgan fingerprint density at radius 1 is 1.14 bits per heavy atom. The molecule has 1 amide bonds. The molecule has 1 aromatic rings. The first-order chi connectivity index (χ1) is 10.8. The largest absolute Gasteiger partial charge is 0.379 e. The van der Waals surface area contributed by atoms with Gasteiger partial charge in [-0.2, -0.15) is 0 Å². The minimum absolute atomic E-state index is 0.205. The van der Waals surface area contributed by atoms with Crippen LogP contribution in [0.3, 0.4) is 0 Å². The third-order valence-corrected chi connectivity index (χ3v) is 4.47. The normalized spacial score (nSPS) is 19.0. The van der Waals surface area contributed by atoms with Crippen molar-refractivity contribution in [2.75, 3.05) is 52.5 Å². The van der Waals surface area contributed by atoms with Gasteiger partial charge in [-0.25, -0.2) is 0 Å². The van der Waals surface area contributed by atoms with Crippen molar-refractivity contribution >= 4 is 5.91 Å². The molecule has 3 rings (SSSR count). The Kier molecular flexibility index (Phi) is 5.43. The highest BCUT2D eigenvalue weighted by molar-refractivity contribution is 5.78. The van der Waals surface area contributed by atoms with Gasteiger partial charge in [-0.05, 0) is 17.5 Å². The molecule has 0 atom stereocenters. The van der Waals surface area contributed by atoms with Crippen LogP contribution in [0, 0.1) is 0 Å². The maximum absolute atomic E-state index is 12.3. The molecule has 1 N–H and O–H groups in total. The highest BCUT2D eigenvalue weighted by atomic mass is 16.5. The summed E-state index contributed by atoms with van der Waals surface area (Å²) in [7, 11) is 0. The molecule has 0 radical (unpaired) electrons. The lowest BCUT2D eigenvalue weighted by molar-refractivity contribution is -0.131. The lowest BCUT2D eigenvalue weighted by Crippen LogP contribution is -2.44. The third kappa shape index (κ3) is 4.06. The second-order valence-electron chi connectivity index (χ2n) is 5.96. The number of hydrogen-bond acceptors (Lipinski definition) is 4. The lowest BCUT2D eigenvalue weighted by Gasteiger charge is -2.29. The first-order valence-corrected chi connectivity index (χ1v) is 8.18. The van der Waals surface area contributed by atoms with E-state index in [-0.39, 0.29) is 5.91 Å². The van der Waals surface area contributed by atoms with Crippen LogP contribution in [0.1, 0.15) is 11.1 Å². The molecule has 1 saturated heterocycles. The summed E-state index contributed by atoms with van der Waals surface area (Å²) < 4.78 is 5.33. The van der Waals surface area contributed by atoms with Gasteiger partial charge in [0.05, 0.1) is 19.8 Å². The fourth-order valence-electron chi connectivity index (χ4n) is 3.08. The van der Waals surface area contributed by atoms with Crippen molar-refractivity contribution < 1.29 is 9.53 Å². The van der Waals surface area contributed by atoms with E-state index in [0.29, 0.717) is 6.54 Å². The predicted octanol–water partition coefficient (Wildman–Crippen LogP) is 0.493. The average molecular weight is 303 g/mol. The molecule has 0 bridgehead atoms. The van der Waals surface area contributed by atoms with Crippen LogP contribution in [-0.2, 0) is 22.5 Å². The van der Waals surface area contributed by atoms with Crippen molar-refractivity contribution in [2.24, 2.45) is 0 Å². The van der Waals surface area contributed by atoms with Gasteiger partial charge in [0.25, 0.3) is 0 Å². The number of carbonyl (C=O) groups is 1. The van der Waals surface area contributed by atoms with Gasteiger partial charge in [-0.3, -0.25) is 9.69 Å². The summed E-state index contributed by atoms with van der Waals surface area (Å²) in [6, 6.07) is 8.41. The van der Waals surface area contributed by atoms with E-state index < -0.39 is 0 Å². The maximum atomic E-state index is 12.3. The Bertz CT molecular complexity index is 500. The summed E-state index contributed by atoms with van der Waals surface area (Å²) in [6.45, 7) is 7.51. The molecule has 22 heavy (non-hydrogen) atoms. The van der Waals surface area contributed by atoms with Crippen LogP contribution >= 0.6 is 0 Å². The molecule has 2 heterocycles. The summed E-state index contributed by atoms with van der Waals surface area (Å²) in [6.07, 6.45) is 0.968. The van der Waals surface area contributed by atoms with E-state index in [1.54, 1.807) is 0 Å². The van der Waals surface area contributed by atoms with E-state index in [1.165, 1.54) is 11.1 Å². The van der Waals surface area contributed by atoms with Crippen LogP contribution in [-0.4, -0.2) is 68.2 Å². The highest BCUT2D eigenvalue weighted by Crippen LogP contribution is 2.18. The summed E-state index contributed by atoms with van der Waals surface area (Å²) in [5, 5.41) is 3.28. The quantitative estimate of drug-likeness (QED) is 0.804. The standard InChI is InChI=1S/C17H25N3O2/c21-17(13-18-6-8-19-9-11-22-12-10-19)20-7-5-15-3-1-2-4-16(15)14-20/h1-4,18H,5-14H2. The van der Waals surface area contributed by atoms with Crippen LogP contribution in [0.25, 0.3) is 0 Å². The zero-order valence-corrected chi connectivity index (χ0v) is 13.1. The second-order valence-corrected chi connectivity index (χ2v) is 5.96. The first kappa shape index (κ1) is 15.5. The molecule has 0 saturated carbocycles. The van der Waals surface area contributed by atoms with E-state index in [2.05, 4.69) is 28.4 Å². The molecule has 5 heteroatoms.